The number of amides is 1. The van der Waals surface area contributed by atoms with Gasteiger partial charge in [-0.05, 0) is 54.4 Å². The number of para-hydroxylation sites is 1. The summed E-state index contributed by atoms with van der Waals surface area (Å²) in [5.41, 5.74) is 5.17. The van der Waals surface area contributed by atoms with Crippen LogP contribution in [0.2, 0.25) is 0 Å². The van der Waals surface area contributed by atoms with Crippen molar-refractivity contribution in [3.8, 4) is 39.8 Å². The molecule has 1 aromatic heterocycles. The molecular weight excluding hydrogens is 430 g/mol. The summed E-state index contributed by atoms with van der Waals surface area (Å²) in [5, 5.41) is 10.5. The van der Waals surface area contributed by atoms with Gasteiger partial charge in [-0.2, -0.15) is 5.10 Å². The molecule has 0 radical (unpaired) electrons. The zero-order valence-corrected chi connectivity index (χ0v) is 18.8. The van der Waals surface area contributed by atoms with Crippen LogP contribution in [0.4, 0.5) is 0 Å². The highest BCUT2D eigenvalue weighted by Crippen LogP contribution is 2.39. The van der Waals surface area contributed by atoms with E-state index in [0.717, 1.165) is 51.7 Å². The number of hydrogen-bond acceptors (Lipinski definition) is 5. The van der Waals surface area contributed by atoms with Gasteiger partial charge in [-0.1, -0.05) is 30.3 Å². The number of benzene rings is 3. The summed E-state index contributed by atoms with van der Waals surface area (Å²) in [6.45, 7) is 1.61. The predicted octanol–water partition coefficient (Wildman–Crippen LogP) is 4.50. The molecule has 2 N–H and O–H groups in total. The standard InChI is InChI=1S/C27H25N3O4/c1-32-21-5-2-4-18(16-21)12-13-28-27(31)20-10-8-19(9-11-20)23-17-24(30-29-23)22-6-3-7-25-26(22)34-15-14-33-25/h2-11,16-17H,12-15H2,1H3,(H,28,31)(H,29,30). The highest BCUT2D eigenvalue weighted by atomic mass is 16.6. The molecule has 7 nitrogen and oxygen atoms in total. The van der Waals surface area contributed by atoms with Crippen LogP contribution in [-0.4, -0.2) is 43.0 Å². The molecule has 0 atom stereocenters. The van der Waals surface area contributed by atoms with E-state index in [4.69, 9.17) is 14.2 Å². The minimum atomic E-state index is -0.106. The van der Waals surface area contributed by atoms with E-state index < -0.39 is 0 Å². The number of hydrogen-bond donors (Lipinski definition) is 2. The van der Waals surface area contributed by atoms with Crippen LogP contribution < -0.4 is 19.5 Å². The summed E-state index contributed by atoms with van der Waals surface area (Å²) in [6, 6.07) is 23.0. The first-order valence-corrected chi connectivity index (χ1v) is 11.2. The summed E-state index contributed by atoms with van der Waals surface area (Å²) in [4.78, 5) is 12.5. The Balaban J connectivity index is 1.23. The molecule has 5 rings (SSSR count). The van der Waals surface area contributed by atoms with Crippen molar-refractivity contribution in [2.24, 2.45) is 0 Å². The first kappa shape index (κ1) is 21.6. The van der Waals surface area contributed by atoms with Crippen molar-refractivity contribution >= 4 is 5.91 Å². The molecule has 0 spiro atoms. The van der Waals surface area contributed by atoms with Crippen molar-refractivity contribution in [3.05, 3.63) is 83.9 Å². The van der Waals surface area contributed by atoms with Gasteiger partial charge in [-0.15, -0.1) is 0 Å². The van der Waals surface area contributed by atoms with E-state index in [2.05, 4.69) is 15.5 Å². The Hall–Kier alpha value is -4.26. The highest BCUT2D eigenvalue weighted by molar-refractivity contribution is 5.94. The lowest BCUT2D eigenvalue weighted by Crippen LogP contribution is -2.25. The van der Waals surface area contributed by atoms with Crippen LogP contribution in [0.25, 0.3) is 22.5 Å². The lowest BCUT2D eigenvalue weighted by atomic mass is 10.1. The van der Waals surface area contributed by atoms with Crippen LogP contribution in [0.15, 0.2) is 72.8 Å². The van der Waals surface area contributed by atoms with Gasteiger partial charge >= 0.3 is 0 Å². The van der Waals surface area contributed by atoms with Crippen molar-refractivity contribution < 1.29 is 19.0 Å². The van der Waals surface area contributed by atoms with Crippen molar-refractivity contribution in [1.29, 1.82) is 0 Å². The summed E-state index contributed by atoms with van der Waals surface area (Å²) in [6.07, 6.45) is 0.731. The molecule has 1 aliphatic rings. The van der Waals surface area contributed by atoms with Gasteiger partial charge in [0.05, 0.1) is 18.5 Å². The normalized spacial score (nSPS) is 12.3. The fraction of sp³-hybridized carbons (Fsp3) is 0.185. The number of aromatic nitrogens is 2. The maximum Gasteiger partial charge on any atom is 0.251 e. The third kappa shape index (κ3) is 4.59. The monoisotopic (exact) mass is 455 g/mol. The first-order valence-electron chi connectivity index (χ1n) is 11.2. The Morgan fingerprint density at radius 2 is 1.85 bits per heavy atom. The second-order valence-corrected chi connectivity index (χ2v) is 7.93. The number of carbonyl (C=O) groups is 1. The molecule has 0 bridgehead atoms. The quantitative estimate of drug-likeness (QED) is 0.429. The number of H-pyrrole nitrogens is 1. The minimum Gasteiger partial charge on any atom is -0.497 e. The molecule has 0 saturated carbocycles. The zero-order valence-electron chi connectivity index (χ0n) is 18.8. The Bertz CT molecular complexity index is 1300. The molecular formula is C27H25N3O4. The predicted molar refractivity (Wildman–Crippen MR) is 129 cm³/mol. The summed E-state index contributed by atoms with van der Waals surface area (Å²) in [5.74, 6) is 2.17. The number of ether oxygens (including phenoxy) is 3. The fourth-order valence-electron chi connectivity index (χ4n) is 3.94. The van der Waals surface area contributed by atoms with Gasteiger partial charge in [0.2, 0.25) is 0 Å². The Morgan fingerprint density at radius 1 is 1.03 bits per heavy atom. The SMILES string of the molecule is COc1cccc(CCNC(=O)c2ccc(-c3cc(-c4cccc5c4OCCO5)[nH]n3)cc2)c1. The molecule has 0 unspecified atom stereocenters. The molecule has 3 aromatic carbocycles. The van der Waals surface area contributed by atoms with Gasteiger partial charge in [-0.3, -0.25) is 9.89 Å². The van der Waals surface area contributed by atoms with Crippen LogP contribution in [0.5, 0.6) is 17.2 Å². The molecule has 1 amide bonds. The van der Waals surface area contributed by atoms with Crippen molar-refractivity contribution in [2.75, 3.05) is 26.9 Å². The summed E-state index contributed by atoms with van der Waals surface area (Å²) < 4.78 is 16.7. The van der Waals surface area contributed by atoms with Crippen LogP contribution >= 0.6 is 0 Å². The lowest BCUT2D eigenvalue weighted by Gasteiger charge is -2.20. The van der Waals surface area contributed by atoms with E-state index in [0.29, 0.717) is 25.3 Å². The molecule has 172 valence electrons. The highest BCUT2D eigenvalue weighted by Gasteiger charge is 2.18. The second-order valence-electron chi connectivity index (χ2n) is 7.93. The number of nitrogens with zero attached hydrogens (tertiary/aromatic N) is 1. The minimum absolute atomic E-state index is 0.106. The van der Waals surface area contributed by atoms with Crippen LogP contribution in [-0.2, 0) is 6.42 Å². The number of nitrogens with one attached hydrogen (secondary N) is 2. The van der Waals surface area contributed by atoms with Crippen molar-refractivity contribution in [2.45, 2.75) is 6.42 Å². The van der Waals surface area contributed by atoms with Crippen molar-refractivity contribution in [1.82, 2.24) is 15.5 Å². The van der Waals surface area contributed by atoms with Crippen LogP contribution in [0, 0.1) is 0 Å². The van der Waals surface area contributed by atoms with Gasteiger partial charge < -0.3 is 19.5 Å². The Kier molecular flexibility index (Phi) is 6.16. The van der Waals surface area contributed by atoms with Gasteiger partial charge in [0.15, 0.2) is 11.5 Å². The number of carbonyl (C=O) groups excluding carboxylic acids is 1. The molecule has 2 heterocycles. The van der Waals surface area contributed by atoms with E-state index in [1.54, 1.807) is 7.11 Å². The molecule has 34 heavy (non-hydrogen) atoms. The molecule has 4 aromatic rings. The van der Waals surface area contributed by atoms with Crippen LogP contribution in [0.3, 0.4) is 0 Å². The van der Waals surface area contributed by atoms with E-state index in [9.17, 15) is 4.79 Å². The van der Waals surface area contributed by atoms with E-state index in [1.807, 2.05) is 72.8 Å². The summed E-state index contributed by atoms with van der Waals surface area (Å²) >= 11 is 0. The Morgan fingerprint density at radius 3 is 2.71 bits per heavy atom. The average molecular weight is 456 g/mol. The molecule has 1 aliphatic heterocycles. The van der Waals surface area contributed by atoms with Gasteiger partial charge in [0.1, 0.15) is 19.0 Å². The maximum absolute atomic E-state index is 12.5. The number of fused-ring (bicyclic) bond motifs is 1. The van der Waals surface area contributed by atoms with Gasteiger partial charge in [-0.25, -0.2) is 0 Å². The smallest absolute Gasteiger partial charge is 0.251 e. The van der Waals surface area contributed by atoms with E-state index in [1.165, 1.54) is 0 Å². The van der Waals surface area contributed by atoms with Crippen molar-refractivity contribution in [3.63, 3.8) is 0 Å². The number of aromatic amines is 1. The molecule has 7 heteroatoms. The second kappa shape index (κ2) is 9.70. The first-order chi connectivity index (χ1) is 16.7. The zero-order chi connectivity index (χ0) is 23.3. The molecule has 0 fully saturated rings. The summed E-state index contributed by atoms with van der Waals surface area (Å²) in [7, 11) is 1.65. The lowest BCUT2D eigenvalue weighted by molar-refractivity contribution is 0.0954. The average Bonchev–Trinajstić information content (AvgIpc) is 3.39. The van der Waals surface area contributed by atoms with Gasteiger partial charge in [0.25, 0.3) is 5.91 Å². The third-order valence-corrected chi connectivity index (χ3v) is 5.71. The van der Waals surface area contributed by atoms with E-state index in [-0.39, 0.29) is 5.91 Å². The fourth-order valence-corrected chi connectivity index (χ4v) is 3.94. The molecule has 0 saturated heterocycles. The van der Waals surface area contributed by atoms with E-state index >= 15 is 0 Å². The number of rotatable bonds is 7. The van der Waals surface area contributed by atoms with Gasteiger partial charge in [0, 0.05) is 23.2 Å². The largest absolute Gasteiger partial charge is 0.497 e. The Labute approximate surface area is 197 Å². The topological polar surface area (TPSA) is 85.5 Å². The van der Waals surface area contributed by atoms with Crippen LogP contribution in [0.1, 0.15) is 15.9 Å². The third-order valence-electron chi connectivity index (χ3n) is 5.71. The molecule has 0 aliphatic carbocycles. The maximum atomic E-state index is 12.5. The number of methoxy groups -OCH3 is 1.